The number of carboxylic acid groups (broad SMARTS) is 1. The monoisotopic (exact) mass is 466 g/mol. The van der Waals surface area contributed by atoms with E-state index in [4.69, 9.17) is 5.11 Å². The Morgan fingerprint density at radius 1 is 1.14 bits per heavy atom. The summed E-state index contributed by atoms with van der Waals surface area (Å²) in [6.45, 7) is 0.417. The van der Waals surface area contributed by atoms with Crippen LogP contribution in [0.2, 0.25) is 0 Å². The lowest BCUT2D eigenvalue weighted by molar-refractivity contribution is -0.138. The van der Waals surface area contributed by atoms with Crippen LogP contribution in [0.25, 0.3) is 0 Å². The van der Waals surface area contributed by atoms with Crippen LogP contribution in [0.15, 0.2) is 51.8 Å². The first kappa shape index (κ1) is 20.3. The molecule has 0 bridgehead atoms. The number of hydrogen-bond donors (Lipinski definition) is 1. The van der Waals surface area contributed by atoms with Gasteiger partial charge in [0.1, 0.15) is 0 Å². The van der Waals surface area contributed by atoms with Crippen LogP contribution in [-0.2, 0) is 26.0 Å². The molecule has 28 heavy (non-hydrogen) atoms. The highest BCUT2D eigenvalue weighted by Gasteiger charge is 2.28. The first-order valence-corrected chi connectivity index (χ1v) is 10.8. The molecule has 0 atom stereocenters. The van der Waals surface area contributed by atoms with Gasteiger partial charge in [0.25, 0.3) is 10.0 Å². The summed E-state index contributed by atoms with van der Waals surface area (Å²) >= 11 is 3.33. The van der Waals surface area contributed by atoms with Gasteiger partial charge in [0.15, 0.2) is 0 Å². The highest BCUT2D eigenvalue weighted by molar-refractivity contribution is 9.10. The highest BCUT2D eigenvalue weighted by atomic mass is 79.9. The van der Waals surface area contributed by atoms with Gasteiger partial charge in [-0.1, -0.05) is 15.9 Å². The van der Waals surface area contributed by atoms with Gasteiger partial charge in [-0.3, -0.25) is 13.9 Å². The van der Waals surface area contributed by atoms with Crippen LogP contribution in [0, 0.1) is 0 Å². The molecule has 1 heterocycles. The number of nitrogens with zero attached hydrogens (tertiary/aromatic N) is 2. The van der Waals surface area contributed by atoms with Gasteiger partial charge in [0, 0.05) is 30.2 Å². The van der Waals surface area contributed by atoms with Crippen LogP contribution in [0.1, 0.15) is 18.4 Å². The van der Waals surface area contributed by atoms with Crippen molar-refractivity contribution in [3.63, 3.8) is 0 Å². The summed E-state index contributed by atoms with van der Waals surface area (Å²) in [6.07, 6.45) is 0.218. The summed E-state index contributed by atoms with van der Waals surface area (Å²) in [5.41, 5.74) is 1.93. The highest BCUT2D eigenvalue weighted by Crippen LogP contribution is 2.32. The largest absolute Gasteiger partial charge is 0.481 e. The summed E-state index contributed by atoms with van der Waals surface area (Å²) in [5, 5.41) is 8.74. The molecule has 148 valence electrons. The number of carbonyl (C=O) groups is 2. The minimum absolute atomic E-state index is 0.0822. The molecule has 1 aliphatic rings. The van der Waals surface area contributed by atoms with Gasteiger partial charge < -0.3 is 10.0 Å². The lowest BCUT2D eigenvalue weighted by Gasteiger charge is -2.21. The second-order valence-electron chi connectivity index (χ2n) is 6.43. The van der Waals surface area contributed by atoms with E-state index < -0.39 is 16.0 Å². The number of rotatable bonds is 6. The van der Waals surface area contributed by atoms with Gasteiger partial charge in [0.05, 0.1) is 17.0 Å². The Morgan fingerprint density at radius 2 is 1.82 bits per heavy atom. The van der Waals surface area contributed by atoms with E-state index in [1.165, 1.54) is 22.3 Å². The molecular weight excluding hydrogens is 448 g/mol. The van der Waals surface area contributed by atoms with Gasteiger partial charge in [-0.2, -0.15) is 0 Å². The van der Waals surface area contributed by atoms with Crippen LogP contribution in [0.5, 0.6) is 0 Å². The number of benzene rings is 2. The molecule has 1 aliphatic heterocycles. The van der Waals surface area contributed by atoms with Crippen molar-refractivity contribution >= 4 is 49.2 Å². The van der Waals surface area contributed by atoms with Crippen LogP contribution < -0.4 is 9.21 Å². The molecule has 0 spiro atoms. The van der Waals surface area contributed by atoms with Crippen LogP contribution in [-0.4, -0.2) is 39.0 Å². The van der Waals surface area contributed by atoms with E-state index in [2.05, 4.69) is 15.9 Å². The molecule has 0 fully saturated rings. The summed E-state index contributed by atoms with van der Waals surface area (Å²) < 4.78 is 28.0. The summed E-state index contributed by atoms with van der Waals surface area (Å²) in [7, 11) is -2.26. The molecule has 1 amide bonds. The number of sulfonamides is 1. The van der Waals surface area contributed by atoms with E-state index in [9.17, 15) is 18.0 Å². The van der Waals surface area contributed by atoms with Crippen molar-refractivity contribution < 1.29 is 23.1 Å². The number of carboxylic acids is 1. The zero-order valence-corrected chi connectivity index (χ0v) is 17.5. The summed E-state index contributed by atoms with van der Waals surface area (Å²) in [6, 6.07) is 11.6. The molecule has 0 unspecified atom stereocenters. The number of amides is 1. The normalized spacial score (nSPS) is 13.3. The maximum absolute atomic E-state index is 13.0. The molecule has 2 aromatic rings. The maximum atomic E-state index is 13.0. The molecule has 0 aromatic heterocycles. The molecule has 1 N–H and O–H groups in total. The predicted molar refractivity (Wildman–Crippen MR) is 109 cm³/mol. The Bertz CT molecular complexity index is 1020. The Morgan fingerprint density at radius 3 is 2.46 bits per heavy atom. The van der Waals surface area contributed by atoms with E-state index in [0.29, 0.717) is 24.3 Å². The molecule has 7 nitrogen and oxygen atoms in total. The quantitative estimate of drug-likeness (QED) is 0.705. The molecular formula is C19H19BrN2O5S. The third-order valence-electron chi connectivity index (χ3n) is 4.65. The third-order valence-corrected chi connectivity index (χ3v) is 6.96. The molecule has 3 rings (SSSR count). The van der Waals surface area contributed by atoms with Gasteiger partial charge in [0.2, 0.25) is 5.91 Å². The van der Waals surface area contributed by atoms with E-state index in [-0.39, 0.29) is 23.6 Å². The zero-order valence-electron chi connectivity index (χ0n) is 15.1. The number of fused-ring (bicyclic) bond motifs is 1. The third kappa shape index (κ3) is 4.05. The van der Waals surface area contributed by atoms with Crippen molar-refractivity contribution in [3.8, 4) is 0 Å². The number of hydrogen-bond acceptors (Lipinski definition) is 4. The lowest BCUT2D eigenvalue weighted by Crippen LogP contribution is -2.29. The first-order chi connectivity index (χ1) is 13.2. The van der Waals surface area contributed by atoms with Crippen molar-refractivity contribution in [2.24, 2.45) is 0 Å². The zero-order chi connectivity index (χ0) is 20.5. The fraction of sp³-hybridized carbons (Fsp3) is 0.263. The van der Waals surface area contributed by atoms with E-state index in [0.717, 1.165) is 10.0 Å². The molecule has 0 radical (unpaired) electrons. The smallest absolute Gasteiger partial charge is 0.303 e. The van der Waals surface area contributed by atoms with Crippen molar-refractivity contribution in [2.45, 2.75) is 24.2 Å². The van der Waals surface area contributed by atoms with Crippen molar-refractivity contribution in [2.75, 3.05) is 22.8 Å². The van der Waals surface area contributed by atoms with Crippen LogP contribution >= 0.6 is 15.9 Å². The van der Waals surface area contributed by atoms with E-state index in [1.807, 2.05) is 0 Å². The second kappa shape index (κ2) is 7.92. The Balaban J connectivity index is 1.84. The summed E-state index contributed by atoms with van der Waals surface area (Å²) in [5.74, 6) is -1.30. The molecule has 0 saturated heterocycles. The van der Waals surface area contributed by atoms with Crippen molar-refractivity contribution in [3.05, 3.63) is 52.5 Å². The summed E-state index contributed by atoms with van der Waals surface area (Å²) in [4.78, 5) is 24.6. The Hall–Kier alpha value is -2.39. The lowest BCUT2D eigenvalue weighted by atomic mass is 10.2. The molecule has 9 heteroatoms. The van der Waals surface area contributed by atoms with Crippen LogP contribution in [0.3, 0.4) is 0 Å². The average Bonchev–Trinajstić information content (AvgIpc) is 3.09. The molecule has 0 aliphatic carbocycles. The Labute approximate surface area is 171 Å². The number of aliphatic carboxylic acids is 1. The van der Waals surface area contributed by atoms with E-state index >= 15 is 0 Å². The number of halogens is 1. The minimum atomic E-state index is -3.75. The SMILES string of the molecule is CN(c1ccc(Br)cc1)S(=O)(=O)c1ccc2c(c1)CCN2C(=O)CCC(=O)O. The van der Waals surface area contributed by atoms with Gasteiger partial charge >= 0.3 is 5.97 Å². The second-order valence-corrected chi connectivity index (χ2v) is 9.31. The fourth-order valence-electron chi connectivity index (χ4n) is 3.09. The average molecular weight is 467 g/mol. The maximum Gasteiger partial charge on any atom is 0.303 e. The van der Waals surface area contributed by atoms with E-state index in [1.54, 1.807) is 36.4 Å². The van der Waals surface area contributed by atoms with Crippen molar-refractivity contribution in [1.29, 1.82) is 0 Å². The standard InChI is InChI=1S/C19H19BrN2O5S/c1-21(15-4-2-14(20)3-5-15)28(26,27)16-6-7-17-13(12-16)10-11-22(17)18(23)8-9-19(24)25/h2-7,12H,8-11H2,1H3,(H,24,25). The first-order valence-electron chi connectivity index (χ1n) is 8.60. The number of carbonyl (C=O) groups excluding carboxylic acids is 1. The van der Waals surface area contributed by atoms with Gasteiger partial charge in [-0.05, 0) is 54.4 Å². The fourth-order valence-corrected chi connectivity index (χ4v) is 4.61. The Kier molecular flexibility index (Phi) is 5.76. The predicted octanol–water partition coefficient (Wildman–Crippen LogP) is 3.03. The molecule has 2 aromatic carbocycles. The minimum Gasteiger partial charge on any atom is -0.481 e. The molecule has 0 saturated carbocycles. The number of anilines is 2. The van der Waals surface area contributed by atoms with Gasteiger partial charge in [-0.25, -0.2) is 8.42 Å². The van der Waals surface area contributed by atoms with Crippen molar-refractivity contribution in [1.82, 2.24) is 0 Å². The van der Waals surface area contributed by atoms with Crippen LogP contribution in [0.4, 0.5) is 11.4 Å². The van der Waals surface area contributed by atoms with Gasteiger partial charge in [-0.15, -0.1) is 0 Å². The topological polar surface area (TPSA) is 95.0 Å².